The zero-order valence-electron chi connectivity index (χ0n) is 41.5. The van der Waals surface area contributed by atoms with Crippen LogP contribution in [-0.4, -0.2) is 56.3 Å². The molecule has 6 unspecified atom stereocenters. The minimum atomic E-state index is -4.04. The number of nitrogens with two attached hydrogens (primary N) is 1. The number of nitrogens with zero attached hydrogens (tertiary/aromatic N) is 1. The van der Waals surface area contributed by atoms with Crippen molar-refractivity contribution in [3.05, 3.63) is 12.2 Å². The Balaban J connectivity index is 1.26. The van der Waals surface area contributed by atoms with Crippen LogP contribution in [0, 0.1) is 68.5 Å². The topological polar surface area (TPSA) is 81.8 Å². The van der Waals surface area contributed by atoms with Crippen LogP contribution in [0.15, 0.2) is 12.2 Å². The molecular formula is C53H100N2O4P+. The van der Waals surface area contributed by atoms with Gasteiger partial charge in [0.25, 0.3) is 0 Å². The molecule has 3 N–H and O–H groups in total. The summed E-state index contributed by atoms with van der Waals surface area (Å²) in [6, 6.07) is 0.250. The zero-order valence-corrected chi connectivity index (χ0v) is 42.4. The van der Waals surface area contributed by atoms with Crippen molar-refractivity contribution >= 4 is 7.82 Å². The zero-order chi connectivity index (χ0) is 44.0. The molecule has 350 valence electrons. The van der Waals surface area contributed by atoms with Crippen molar-refractivity contribution in [2.45, 2.75) is 216 Å². The lowest BCUT2D eigenvalue weighted by Gasteiger charge is -2.73. The molecule has 0 saturated heterocycles. The van der Waals surface area contributed by atoms with Gasteiger partial charge < -0.3 is 15.1 Å². The van der Waals surface area contributed by atoms with Crippen molar-refractivity contribution < 1.29 is 23.0 Å². The van der Waals surface area contributed by atoms with E-state index in [0.717, 1.165) is 61.7 Å². The fourth-order valence-corrected chi connectivity index (χ4v) is 16.6. The number of quaternary nitrogens is 1. The number of fused-ring (bicyclic) bond motifs is 7. The van der Waals surface area contributed by atoms with Gasteiger partial charge in [0, 0.05) is 6.04 Å². The Hall–Kier alpha value is -0.230. The molecule has 13 atom stereocenters. The second-order valence-corrected chi connectivity index (χ2v) is 26.1. The first-order valence-corrected chi connectivity index (χ1v) is 27.5. The van der Waals surface area contributed by atoms with Gasteiger partial charge in [-0.2, -0.15) is 0 Å². The molecule has 0 amide bonds. The van der Waals surface area contributed by atoms with E-state index in [1.807, 2.05) is 0 Å². The minimum Gasteiger partial charge on any atom is -0.329 e. The third-order valence-electron chi connectivity index (χ3n) is 19.5. The molecule has 7 heteroatoms. The molecule has 6 nitrogen and oxygen atoms in total. The maximum absolute atomic E-state index is 12.6. The van der Waals surface area contributed by atoms with Gasteiger partial charge in [-0.3, -0.25) is 9.05 Å². The molecule has 0 aromatic rings. The second-order valence-electron chi connectivity index (χ2n) is 24.6. The summed E-state index contributed by atoms with van der Waals surface area (Å²) in [7, 11) is 2.11. The van der Waals surface area contributed by atoms with E-state index in [1.165, 1.54) is 122 Å². The molecule has 0 radical (unpaired) electrons. The van der Waals surface area contributed by atoms with Crippen LogP contribution in [0.1, 0.15) is 209 Å². The lowest BCUT2D eigenvalue weighted by molar-refractivity contribution is -0.870. The summed E-state index contributed by atoms with van der Waals surface area (Å²) in [4.78, 5) is 10.4. The first-order chi connectivity index (χ1) is 28.2. The van der Waals surface area contributed by atoms with Crippen molar-refractivity contribution in [3.63, 3.8) is 0 Å². The van der Waals surface area contributed by atoms with E-state index in [2.05, 4.69) is 88.7 Å². The average Bonchev–Trinajstić information content (AvgIpc) is 3.52. The van der Waals surface area contributed by atoms with Gasteiger partial charge in [-0.05, 0) is 171 Å². The number of allylic oxidation sites excluding steroid dienone is 2. The van der Waals surface area contributed by atoms with Crippen molar-refractivity contribution in [2.75, 3.05) is 40.9 Å². The first kappa shape index (κ1) is 50.8. The molecule has 0 aromatic carbocycles. The molecule has 0 bridgehead atoms. The summed E-state index contributed by atoms with van der Waals surface area (Å²) in [5.74, 6) is 5.55. The van der Waals surface area contributed by atoms with Gasteiger partial charge in [0.15, 0.2) is 0 Å². The van der Waals surface area contributed by atoms with E-state index >= 15 is 0 Å². The summed E-state index contributed by atoms with van der Waals surface area (Å²) in [5.41, 5.74) is 9.28. The van der Waals surface area contributed by atoms with Gasteiger partial charge in [-0.1, -0.05) is 119 Å². The van der Waals surface area contributed by atoms with E-state index in [1.54, 1.807) is 0 Å². The van der Waals surface area contributed by atoms with Crippen molar-refractivity contribution in [1.29, 1.82) is 0 Å². The van der Waals surface area contributed by atoms with Gasteiger partial charge in [0.1, 0.15) is 13.2 Å². The monoisotopic (exact) mass is 860 g/mol. The Morgan fingerprint density at radius 2 is 1.40 bits per heavy atom. The smallest absolute Gasteiger partial charge is 0.329 e. The molecule has 5 aliphatic rings. The highest BCUT2D eigenvalue weighted by atomic mass is 31.2. The summed E-state index contributed by atoms with van der Waals surface area (Å²) in [6.45, 7) is 22.2. The van der Waals surface area contributed by atoms with Crippen molar-refractivity contribution in [1.82, 2.24) is 0 Å². The Morgan fingerprint density at radius 3 is 2.10 bits per heavy atom. The molecule has 60 heavy (non-hydrogen) atoms. The molecule has 5 aliphatic carbocycles. The van der Waals surface area contributed by atoms with Crippen molar-refractivity contribution in [2.24, 2.45) is 74.2 Å². The van der Waals surface area contributed by atoms with Crippen LogP contribution < -0.4 is 5.73 Å². The van der Waals surface area contributed by atoms with Crippen LogP contribution >= 0.6 is 7.82 Å². The average molecular weight is 860 g/mol. The third kappa shape index (κ3) is 11.4. The molecule has 5 fully saturated rings. The van der Waals surface area contributed by atoms with Crippen LogP contribution in [0.5, 0.6) is 0 Å². The maximum Gasteiger partial charge on any atom is 0.472 e. The molecular weight excluding hydrogens is 760 g/mol. The van der Waals surface area contributed by atoms with E-state index in [-0.39, 0.29) is 24.7 Å². The quantitative estimate of drug-likeness (QED) is 0.0437. The van der Waals surface area contributed by atoms with Crippen LogP contribution in [0.3, 0.4) is 0 Å². The lowest BCUT2D eigenvalue weighted by Crippen LogP contribution is -2.67. The van der Waals surface area contributed by atoms with Crippen LogP contribution in [0.25, 0.3) is 0 Å². The van der Waals surface area contributed by atoms with Crippen LogP contribution in [0.4, 0.5) is 0 Å². The molecule has 0 aliphatic heterocycles. The predicted molar refractivity (Wildman–Crippen MR) is 255 cm³/mol. The highest BCUT2D eigenvalue weighted by Gasteiger charge is 2.70. The number of hydrogen-bond donors (Lipinski definition) is 2. The molecule has 5 saturated carbocycles. The standard InChI is InChI=1S/C53H99N2O4P/c1-12-13-14-15-16-17-18-19-20-21-22-25-42(26-23-24-38-58-60(56,57)59-39-37-55(9,10)11)40-51(6)45-30-34-53(8)46(50(45,5)33-31-47(51)54)28-27-44-48-43(41(2)3)29-32-49(48,4)35-36-52(44,53)7/h19-20,41-48H,12-18,21-40,54H2,1-11H3/p+1/b20-19+/t42?,43-,44?,45?,46?,47-,48?,49+,50-,51+,52+,53+/m0/s1. The third-order valence-corrected chi connectivity index (χ3v) is 20.6. The number of hydrogen-bond acceptors (Lipinski definition) is 4. The van der Waals surface area contributed by atoms with Gasteiger partial charge >= 0.3 is 7.82 Å². The van der Waals surface area contributed by atoms with Gasteiger partial charge in [-0.25, -0.2) is 4.57 Å². The highest BCUT2D eigenvalue weighted by molar-refractivity contribution is 7.47. The van der Waals surface area contributed by atoms with E-state index in [0.29, 0.717) is 44.5 Å². The summed E-state index contributed by atoms with van der Waals surface area (Å²) >= 11 is 0. The lowest BCUT2D eigenvalue weighted by atomic mass is 9.32. The fraction of sp³-hybridized carbons (Fsp3) is 0.962. The summed E-state index contributed by atoms with van der Waals surface area (Å²) in [5, 5.41) is 0. The van der Waals surface area contributed by atoms with Gasteiger partial charge in [-0.15, -0.1) is 0 Å². The number of rotatable bonds is 24. The Kier molecular flexibility index (Phi) is 17.7. The largest absolute Gasteiger partial charge is 0.472 e. The summed E-state index contributed by atoms with van der Waals surface area (Å²) < 4.78 is 24.1. The van der Waals surface area contributed by atoms with E-state index < -0.39 is 7.82 Å². The second kappa shape index (κ2) is 20.9. The normalized spacial score (nSPS) is 39.6. The number of phosphoric acid groups is 1. The SMILES string of the molecule is CCCCCCCC/C=C/CCCC(CCCCOP(=O)(O)OCC[N+](C)(C)C)C[C@]1(C)C2CC[C@]3(C)C(CCC4C5[C@H](C(C)C)CC[C@]5(C)CC[C@]43C)[C@@]2(C)CC[C@@H]1N. The van der Waals surface area contributed by atoms with E-state index in [4.69, 9.17) is 14.8 Å². The molecule has 5 rings (SSSR count). The fourth-order valence-electron chi connectivity index (χ4n) is 15.8. The number of likely N-dealkylation sites (N-methyl/N-ethyl adjacent to an activating group) is 1. The Labute approximate surface area is 372 Å². The van der Waals surface area contributed by atoms with E-state index in [9.17, 15) is 9.46 Å². The van der Waals surface area contributed by atoms with Crippen LogP contribution in [0.2, 0.25) is 0 Å². The Bertz CT molecular complexity index is 1410. The highest BCUT2D eigenvalue weighted by Crippen LogP contribution is 2.77. The first-order valence-electron chi connectivity index (χ1n) is 26.0. The number of phosphoric ester groups is 1. The minimum absolute atomic E-state index is 0.125. The van der Waals surface area contributed by atoms with Crippen molar-refractivity contribution in [3.8, 4) is 0 Å². The molecule has 0 aromatic heterocycles. The molecule has 0 spiro atoms. The molecule has 0 heterocycles. The number of unbranched alkanes of at least 4 members (excludes halogenated alkanes) is 8. The van der Waals surface area contributed by atoms with Gasteiger partial charge in [0.2, 0.25) is 0 Å². The Morgan fingerprint density at radius 1 is 0.733 bits per heavy atom. The predicted octanol–water partition coefficient (Wildman–Crippen LogP) is 14.5. The van der Waals surface area contributed by atoms with Gasteiger partial charge in [0.05, 0.1) is 27.7 Å². The maximum atomic E-state index is 12.6. The van der Waals surface area contributed by atoms with Crippen LogP contribution in [-0.2, 0) is 13.6 Å². The summed E-state index contributed by atoms with van der Waals surface area (Å²) in [6.07, 6.45) is 35.9.